The third-order valence-corrected chi connectivity index (χ3v) is 4.73. The summed E-state index contributed by atoms with van der Waals surface area (Å²) in [5, 5.41) is 2.69. The van der Waals surface area contributed by atoms with Crippen LogP contribution in [0.5, 0.6) is 0 Å². The number of nitrogens with one attached hydrogen (secondary N) is 1. The molecule has 0 bridgehead atoms. The predicted octanol–water partition coefficient (Wildman–Crippen LogP) is 3.85. The van der Waals surface area contributed by atoms with E-state index in [1.165, 1.54) is 0 Å². The highest BCUT2D eigenvalue weighted by Crippen LogP contribution is 2.28. The molecule has 1 fully saturated rings. The van der Waals surface area contributed by atoms with Gasteiger partial charge >= 0.3 is 6.09 Å². The highest BCUT2D eigenvalue weighted by atomic mass is 79.9. The summed E-state index contributed by atoms with van der Waals surface area (Å²) in [4.78, 5) is 31.2. The van der Waals surface area contributed by atoms with E-state index in [0.29, 0.717) is 19.0 Å². The van der Waals surface area contributed by atoms with E-state index in [4.69, 9.17) is 4.74 Å². The standard InChI is InChI=1S/C19H28BrN3O3/c1-18(2,3)26-17(25)22-19(4,5)16(24)23-11-9-13(10-12-23)14-7-6-8-15(20)21-14/h6-8,13H,9-12H2,1-5H3,(H,22,25). The second kappa shape index (κ2) is 7.94. The van der Waals surface area contributed by atoms with Gasteiger partial charge in [0.2, 0.25) is 5.91 Å². The van der Waals surface area contributed by atoms with Crippen LogP contribution in [0.1, 0.15) is 59.1 Å². The molecule has 7 heteroatoms. The molecule has 1 saturated heterocycles. The molecule has 0 atom stereocenters. The maximum atomic E-state index is 12.9. The van der Waals surface area contributed by atoms with Gasteiger partial charge in [-0.25, -0.2) is 9.78 Å². The molecule has 0 aliphatic carbocycles. The molecule has 144 valence electrons. The first-order valence-electron chi connectivity index (χ1n) is 8.91. The van der Waals surface area contributed by atoms with Gasteiger partial charge < -0.3 is 15.0 Å². The second-order valence-electron chi connectivity index (χ2n) is 8.20. The Kier molecular flexibility index (Phi) is 6.32. The molecule has 1 aromatic rings. The zero-order valence-electron chi connectivity index (χ0n) is 16.1. The highest BCUT2D eigenvalue weighted by molar-refractivity contribution is 9.10. The van der Waals surface area contributed by atoms with Crippen molar-refractivity contribution in [2.45, 2.75) is 64.5 Å². The zero-order valence-corrected chi connectivity index (χ0v) is 17.7. The normalized spacial score (nSPS) is 16.3. The van der Waals surface area contributed by atoms with Crippen LogP contribution in [0.4, 0.5) is 4.79 Å². The Labute approximate surface area is 163 Å². The van der Waals surface area contributed by atoms with Crippen molar-refractivity contribution < 1.29 is 14.3 Å². The van der Waals surface area contributed by atoms with Crippen LogP contribution in [0.15, 0.2) is 22.8 Å². The summed E-state index contributed by atoms with van der Waals surface area (Å²) in [6.07, 6.45) is 1.14. The minimum atomic E-state index is -1.01. The summed E-state index contributed by atoms with van der Waals surface area (Å²) in [6.45, 7) is 10.1. The smallest absolute Gasteiger partial charge is 0.408 e. The van der Waals surface area contributed by atoms with Gasteiger partial charge in [0.05, 0.1) is 0 Å². The first-order chi connectivity index (χ1) is 12.0. The Hall–Kier alpha value is -1.63. The number of carbonyl (C=O) groups excluding carboxylic acids is 2. The van der Waals surface area contributed by atoms with Crippen molar-refractivity contribution in [3.05, 3.63) is 28.5 Å². The highest BCUT2D eigenvalue weighted by Gasteiger charge is 2.36. The molecular weight excluding hydrogens is 398 g/mol. The van der Waals surface area contributed by atoms with E-state index in [-0.39, 0.29) is 5.91 Å². The second-order valence-corrected chi connectivity index (χ2v) is 9.02. The third-order valence-electron chi connectivity index (χ3n) is 4.29. The van der Waals surface area contributed by atoms with Crippen LogP contribution in [0.3, 0.4) is 0 Å². The lowest BCUT2D eigenvalue weighted by atomic mass is 9.91. The largest absolute Gasteiger partial charge is 0.444 e. The van der Waals surface area contributed by atoms with E-state index in [2.05, 4.69) is 26.2 Å². The number of piperidine rings is 1. The van der Waals surface area contributed by atoms with Crippen LogP contribution in [0.25, 0.3) is 0 Å². The maximum absolute atomic E-state index is 12.9. The average molecular weight is 426 g/mol. The van der Waals surface area contributed by atoms with E-state index in [1.807, 2.05) is 23.1 Å². The summed E-state index contributed by atoms with van der Waals surface area (Å²) >= 11 is 3.41. The number of amides is 2. The summed E-state index contributed by atoms with van der Waals surface area (Å²) < 4.78 is 6.09. The first-order valence-corrected chi connectivity index (χ1v) is 9.70. The summed E-state index contributed by atoms with van der Waals surface area (Å²) in [7, 11) is 0. The molecule has 0 unspecified atom stereocenters. The number of hydrogen-bond donors (Lipinski definition) is 1. The topological polar surface area (TPSA) is 71.5 Å². The van der Waals surface area contributed by atoms with Gasteiger partial charge in [-0.05, 0) is 75.5 Å². The van der Waals surface area contributed by atoms with Gasteiger partial charge in [-0.1, -0.05) is 6.07 Å². The Morgan fingerprint density at radius 1 is 1.19 bits per heavy atom. The maximum Gasteiger partial charge on any atom is 0.408 e. The number of halogens is 1. The van der Waals surface area contributed by atoms with Gasteiger partial charge in [0.15, 0.2) is 0 Å². The fourth-order valence-electron chi connectivity index (χ4n) is 3.04. The molecule has 1 aliphatic rings. The molecule has 26 heavy (non-hydrogen) atoms. The monoisotopic (exact) mass is 425 g/mol. The van der Waals surface area contributed by atoms with Crippen LogP contribution in [0, 0.1) is 0 Å². The number of ether oxygens (including phenoxy) is 1. The predicted molar refractivity (Wildman–Crippen MR) is 104 cm³/mol. The summed E-state index contributed by atoms with van der Waals surface area (Å²) in [5.41, 5.74) is -0.556. The molecule has 2 heterocycles. The first kappa shape index (κ1) is 20.7. The van der Waals surface area contributed by atoms with Crippen LogP contribution in [-0.2, 0) is 9.53 Å². The molecule has 1 N–H and O–H groups in total. The molecular formula is C19H28BrN3O3. The van der Waals surface area contributed by atoms with E-state index in [9.17, 15) is 9.59 Å². The average Bonchev–Trinajstić information content (AvgIpc) is 2.52. The summed E-state index contributed by atoms with van der Waals surface area (Å²) in [5.74, 6) is 0.252. The SMILES string of the molecule is CC(C)(C)OC(=O)NC(C)(C)C(=O)N1CCC(c2cccc(Br)n2)CC1. The van der Waals surface area contributed by atoms with E-state index in [0.717, 1.165) is 23.1 Å². The molecule has 0 aromatic carbocycles. The van der Waals surface area contributed by atoms with E-state index >= 15 is 0 Å². The lowest BCUT2D eigenvalue weighted by Crippen LogP contribution is -2.57. The van der Waals surface area contributed by atoms with Gasteiger partial charge in [-0.2, -0.15) is 0 Å². The quantitative estimate of drug-likeness (QED) is 0.746. The lowest BCUT2D eigenvalue weighted by Gasteiger charge is -2.37. The van der Waals surface area contributed by atoms with Crippen molar-refractivity contribution in [1.82, 2.24) is 15.2 Å². The minimum Gasteiger partial charge on any atom is -0.444 e. The number of alkyl carbamates (subject to hydrolysis) is 1. The van der Waals surface area contributed by atoms with Crippen molar-refractivity contribution in [3.63, 3.8) is 0 Å². The van der Waals surface area contributed by atoms with Crippen LogP contribution in [0.2, 0.25) is 0 Å². The molecule has 6 nitrogen and oxygen atoms in total. The van der Waals surface area contributed by atoms with Crippen LogP contribution >= 0.6 is 15.9 Å². The van der Waals surface area contributed by atoms with Gasteiger partial charge in [0.25, 0.3) is 0 Å². The number of likely N-dealkylation sites (tertiary alicyclic amines) is 1. The number of aromatic nitrogens is 1. The number of pyridine rings is 1. The molecule has 0 saturated carbocycles. The van der Waals surface area contributed by atoms with E-state index in [1.54, 1.807) is 34.6 Å². The van der Waals surface area contributed by atoms with Crippen molar-refractivity contribution >= 4 is 27.9 Å². The Morgan fingerprint density at radius 2 is 1.81 bits per heavy atom. The molecule has 1 aliphatic heterocycles. The Bertz CT molecular complexity index is 662. The fourth-order valence-corrected chi connectivity index (χ4v) is 3.39. The molecule has 0 radical (unpaired) electrons. The summed E-state index contributed by atoms with van der Waals surface area (Å²) in [6, 6.07) is 5.92. The van der Waals surface area contributed by atoms with Gasteiger partial charge in [0, 0.05) is 24.7 Å². The number of carbonyl (C=O) groups is 2. The Morgan fingerprint density at radius 3 is 2.35 bits per heavy atom. The number of hydrogen-bond acceptors (Lipinski definition) is 4. The van der Waals surface area contributed by atoms with Crippen molar-refractivity contribution in [2.24, 2.45) is 0 Å². The van der Waals surface area contributed by atoms with Crippen molar-refractivity contribution in [3.8, 4) is 0 Å². The number of rotatable bonds is 3. The molecule has 0 spiro atoms. The molecule has 2 rings (SSSR count). The van der Waals surface area contributed by atoms with Gasteiger partial charge in [-0.3, -0.25) is 4.79 Å². The van der Waals surface area contributed by atoms with Gasteiger partial charge in [0.1, 0.15) is 15.7 Å². The van der Waals surface area contributed by atoms with Crippen molar-refractivity contribution in [1.29, 1.82) is 0 Å². The Balaban J connectivity index is 1.93. The van der Waals surface area contributed by atoms with Crippen molar-refractivity contribution in [2.75, 3.05) is 13.1 Å². The molecule has 1 aromatic heterocycles. The lowest BCUT2D eigenvalue weighted by molar-refractivity contribution is -0.138. The zero-order chi connectivity index (χ0) is 19.5. The van der Waals surface area contributed by atoms with E-state index < -0.39 is 17.2 Å². The number of nitrogens with zero attached hydrogens (tertiary/aromatic N) is 2. The van der Waals surface area contributed by atoms with Crippen LogP contribution in [-0.4, -0.2) is 46.1 Å². The molecule has 2 amide bonds. The third kappa shape index (κ3) is 5.69. The van der Waals surface area contributed by atoms with Gasteiger partial charge in [-0.15, -0.1) is 0 Å². The van der Waals surface area contributed by atoms with Crippen LogP contribution < -0.4 is 5.32 Å². The fraction of sp³-hybridized carbons (Fsp3) is 0.632. The minimum absolute atomic E-state index is 0.0935.